The maximum atomic E-state index is 9.39. The Bertz CT molecular complexity index is 1240. The van der Waals surface area contributed by atoms with Crippen LogP contribution >= 0.6 is 0 Å². The van der Waals surface area contributed by atoms with E-state index in [1.54, 1.807) is 13.3 Å². The van der Waals surface area contributed by atoms with Crippen molar-refractivity contribution in [3.63, 3.8) is 0 Å². The van der Waals surface area contributed by atoms with E-state index >= 15 is 0 Å². The van der Waals surface area contributed by atoms with Crippen molar-refractivity contribution in [2.75, 3.05) is 7.05 Å². The number of hydrogen-bond acceptors (Lipinski definition) is 4. The molecule has 1 N–H and O–H groups in total. The number of hydrogen-bond donors (Lipinski definition) is 1. The van der Waals surface area contributed by atoms with Gasteiger partial charge >= 0.3 is 0 Å². The highest BCUT2D eigenvalue weighted by Gasteiger charge is 2.15. The fourth-order valence-electron chi connectivity index (χ4n) is 3.29. The molecule has 4 rings (SSSR count). The van der Waals surface area contributed by atoms with Gasteiger partial charge in [0.05, 0.1) is 12.3 Å². The molecule has 0 aliphatic carbocycles. The number of aliphatic hydroxyl groups is 1. The first-order chi connectivity index (χ1) is 15.7. The Morgan fingerprint density at radius 2 is 1.81 bits per heavy atom. The van der Waals surface area contributed by atoms with Crippen LogP contribution in [-0.4, -0.2) is 32.9 Å². The smallest absolute Gasteiger partial charge is 0.161 e. The Morgan fingerprint density at radius 3 is 2.47 bits per heavy atom. The van der Waals surface area contributed by atoms with Crippen LogP contribution in [0.5, 0.6) is 0 Å². The molecule has 2 heterocycles. The van der Waals surface area contributed by atoms with Crippen molar-refractivity contribution in [2.24, 2.45) is 4.99 Å². The summed E-state index contributed by atoms with van der Waals surface area (Å²) in [5, 5.41) is 10.3. The number of aliphatic imine (C=N–C) groups is 1. The standard InChI is InChI=1S/C25H22N4O.C2H6/c1-18(7-6-14-26-2)23-15-21-16-27-24(20-8-4-3-5-9-20)28-25(21)29(23)22-12-10-19(17-30)11-13-22;1-2/h3-16,30H,1,17H2,2H3;1-2H3/b7-6-,26-14?;. The maximum absolute atomic E-state index is 9.39. The highest BCUT2D eigenvalue weighted by molar-refractivity contribution is 5.88. The molecule has 162 valence electrons. The van der Waals surface area contributed by atoms with Crippen LogP contribution in [0.2, 0.25) is 0 Å². The first-order valence-electron chi connectivity index (χ1n) is 10.6. The molecule has 4 aromatic rings. The molecule has 5 heteroatoms. The molecular formula is C27H28N4O. The fourth-order valence-corrected chi connectivity index (χ4v) is 3.29. The van der Waals surface area contributed by atoms with Crippen LogP contribution in [0.25, 0.3) is 33.7 Å². The van der Waals surface area contributed by atoms with Crippen molar-refractivity contribution in [1.29, 1.82) is 0 Å². The topological polar surface area (TPSA) is 63.3 Å². The lowest BCUT2D eigenvalue weighted by Crippen LogP contribution is -2.01. The second-order valence-corrected chi connectivity index (χ2v) is 6.82. The van der Waals surface area contributed by atoms with Gasteiger partial charge in [0.25, 0.3) is 0 Å². The predicted molar refractivity (Wildman–Crippen MR) is 134 cm³/mol. The van der Waals surface area contributed by atoms with Crippen molar-refractivity contribution in [3.8, 4) is 17.1 Å². The minimum absolute atomic E-state index is 0.00564. The van der Waals surface area contributed by atoms with Crippen LogP contribution < -0.4 is 0 Å². The van der Waals surface area contributed by atoms with Gasteiger partial charge in [-0.15, -0.1) is 0 Å². The van der Waals surface area contributed by atoms with Gasteiger partial charge in [-0.25, -0.2) is 9.97 Å². The van der Waals surface area contributed by atoms with Crippen molar-refractivity contribution < 1.29 is 5.11 Å². The lowest BCUT2D eigenvalue weighted by Gasteiger charge is -2.11. The lowest BCUT2D eigenvalue weighted by molar-refractivity contribution is 0.282. The highest BCUT2D eigenvalue weighted by atomic mass is 16.3. The molecule has 0 atom stereocenters. The molecule has 32 heavy (non-hydrogen) atoms. The van der Waals surface area contributed by atoms with E-state index in [1.807, 2.05) is 92.9 Å². The zero-order valence-corrected chi connectivity index (χ0v) is 18.7. The van der Waals surface area contributed by atoms with Gasteiger partial charge in [-0.3, -0.25) is 9.56 Å². The second-order valence-electron chi connectivity index (χ2n) is 6.82. The Morgan fingerprint density at radius 1 is 1.09 bits per heavy atom. The van der Waals surface area contributed by atoms with Crippen LogP contribution in [0.4, 0.5) is 0 Å². The number of rotatable bonds is 6. The molecule has 0 spiro atoms. The molecule has 0 amide bonds. The molecule has 0 aliphatic heterocycles. The van der Waals surface area contributed by atoms with E-state index in [0.29, 0.717) is 5.82 Å². The molecule has 0 bridgehead atoms. The molecule has 2 aromatic heterocycles. The van der Waals surface area contributed by atoms with Crippen LogP contribution in [0, 0.1) is 0 Å². The van der Waals surface area contributed by atoms with E-state index in [2.05, 4.69) is 21.1 Å². The summed E-state index contributed by atoms with van der Waals surface area (Å²) in [6, 6.07) is 19.7. The average molecular weight is 425 g/mol. The van der Waals surface area contributed by atoms with Gasteiger partial charge < -0.3 is 5.11 Å². The van der Waals surface area contributed by atoms with Gasteiger partial charge in [-0.1, -0.05) is 69.0 Å². The monoisotopic (exact) mass is 424 g/mol. The number of aromatic nitrogens is 3. The third-order valence-corrected chi connectivity index (χ3v) is 4.81. The molecule has 0 radical (unpaired) electrons. The number of allylic oxidation sites excluding steroid dienone is 3. The van der Waals surface area contributed by atoms with Crippen LogP contribution in [0.1, 0.15) is 25.1 Å². The van der Waals surface area contributed by atoms with Gasteiger partial charge in [0.2, 0.25) is 0 Å². The third kappa shape index (κ3) is 4.90. The van der Waals surface area contributed by atoms with Crippen molar-refractivity contribution in [1.82, 2.24) is 14.5 Å². The van der Waals surface area contributed by atoms with E-state index in [-0.39, 0.29) is 6.61 Å². The molecule has 5 nitrogen and oxygen atoms in total. The molecule has 0 fully saturated rings. The van der Waals surface area contributed by atoms with Gasteiger partial charge in [0.15, 0.2) is 5.82 Å². The van der Waals surface area contributed by atoms with E-state index in [1.165, 1.54) is 0 Å². The van der Waals surface area contributed by atoms with Gasteiger partial charge in [-0.05, 0) is 35.4 Å². The van der Waals surface area contributed by atoms with E-state index in [0.717, 1.165) is 39.1 Å². The Hall–Kier alpha value is -3.83. The van der Waals surface area contributed by atoms with Crippen molar-refractivity contribution in [2.45, 2.75) is 20.5 Å². The van der Waals surface area contributed by atoms with Crippen LogP contribution in [0.3, 0.4) is 0 Å². The number of nitrogens with zero attached hydrogens (tertiary/aromatic N) is 4. The summed E-state index contributed by atoms with van der Waals surface area (Å²) in [5.74, 6) is 0.667. The maximum Gasteiger partial charge on any atom is 0.161 e. The van der Waals surface area contributed by atoms with Crippen LogP contribution in [0.15, 0.2) is 90.6 Å². The molecule has 0 saturated heterocycles. The van der Waals surface area contributed by atoms with Gasteiger partial charge in [-0.2, -0.15) is 0 Å². The van der Waals surface area contributed by atoms with E-state index in [9.17, 15) is 5.11 Å². The summed E-state index contributed by atoms with van der Waals surface area (Å²) in [4.78, 5) is 13.4. The van der Waals surface area contributed by atoms with E-state index < -0.39 is 0 Å². The lowest BCUT2D eigenvalue weighted by atomic mass is 10.1. The quantitative estimate of drug-likeness (QED) is 0.311. The second kappa shape index (κ2) is 11.0. The Labute approximate surface area is 189 Å². The number of fused-ring (bicyclic) bond motifs is 1. The highest BCUT2D eigenvalue weighted by Crippen LogP contribution is 2.29. The van der Waals surface area contributed by atoms with Gasteiger partial charge in [0, 0.05) is 36.1 Å². The van der Waals surface area contributed by atoms with Crippen molar-refractivity contribution in [3.05, 3.63) is 96.8 Å². The zero-order valence-electron chi connectivity index (χ0n) is 18.7. The van der Waals surface area contributed by atoms with Crippen molar-refractivity contribution >= 4 is 22.8 Å². The molecule has 0 aliphatic rings. The molecule has 0 unspecified atom stereocenters. The minimum Gasteiger partial charge on any atom is -0.392 e. The SMILES string of the molecule is C=C(/C=C\C=NC)c1cc2cnc(-c3ccccc3)nc2n1-c1ccc(CO)cc1.CC. The number of benzene rings is 2. The number of aliphatic hydroxyl groups excluding tert-OH is 1. The summed E-state index contributed by atoms with van der Waals surface area (Å²) >= 11 is 0. The third-order valence-electron chi connectivity index (χ3n) is 4.81. The normalized spacial score (nSPS) is 11.1. The average Bonchev–Trinajstić information content (AvgIpc) is 3.25. The van der Waals surface area contributed by atoms with Crippen LogP contribution in [-0.2, 0) is 6.61 Å². The molecule has 0 saturated carbocycles. The Balaban J connectivity index is 0.00000141. The first-order valence-corrected chi connectivity index (χ1v) is 10.6. The summed E-state index contributed by atoms with van der Waals surface area (Å²) in [5.41, 5.74) is 5.31. The largest absolute Gasteiger partial charge is 0.392 e. The Kier molecular flexibility index (Phi) is 7.84. The predicted octanol–water partition coefficient (Wildman–Crippen LogP) is 5.88. The zero-order chi connectivity index (χ0) is 22.9. The summed E-state index contributed by atoms with van der Waals surface area (Å²) < 4.78 is 2.07. The van der Waals surface area contributed by atoms with Gasteiger partial charge in [0.1, 0.15) is 5.65 Å². The summed E-state index contributed by atoms with van der Waals surface area (Å²) in [6.07, 6.45) is 7.35. The summed E-state index contributed by atoms with van der Waals surface area (Å²) in [6.45, 7) is 8.24. The molecule has 2 aromatic carbocycles. The first kappa shape index (κ1) is 22.8. The molecular weight excluding hydrogens is 396 g/mol. The minimum atomic E-state index is 0.00564. The van der Waals surface area contributed by atoms with E-state index in [4.69, 9.17) is 4.98 Å². The fraction of sp³-hybridized carbons (Fsp3) is 0.148. The summed E-state index contributed by atoms with van der Waals surface area (Å²) in [7, 11) is 1.73.